The van der Waals surface area contributed by atoms with Gasteiger partial charge in [0.05, 0.1) is 20.3 Å². The Labute approximate surface area is 114 Å². The summed E-state index contributed by atoms with van der Waals surface area (Å²) in [5, 5.41) is 0. The first-order chi connectivity index (χ1) is 9.33. The maximum absolute atomic E-state index is 5.78. The number of rotatable bonds is 6. The van der Waals surface area contributed by atoms with Crippen molar-refractivity contribution in [3.63, 3.8) is 0 Å². The van der Waals surface area contributed by atoms with Gasteiger partial charge in [0.1, 0.15) is 6.61 Å². The molecule has 1 aromatic carbocycles. The van der Waals surface area contributed by atoms with Crippen LogP contribution in [0.2, 0.25) is 0 Å². The molecule has 0 spiro atoms. The minimum Gasteiger partial charge on any atom is -0.493 e. The minimum absolute atomic E-state index is 0.504. The Morgan fingerprint density at radius 2 is 2.05 bits per heavy atom. The molecular formula is C14H22N2O3. The van der Waals surface area contributed by atoms with Gasteiger partial charge in [-0.15, -0.1) is 0 Å². The van der Waals surface area contributed by atoms with Crippen molar-refractivity contribution in [1.82, 2.24) is 4.90 Å². The molecule has 0 bridgehead atoms. The van der Waals surface area contributed by atoms with Crippen LogP contribution in [0.5, 0.6) is 11.5 Å². The van der Waals surface area contributed by atoms with Gasteiger partial charge in [-0.05, 0) is 17.7 Å². The van der Waals surface area contributed by atoms with Crippen LogP contribution in [0.1, 0.15) is 5.56 Å². The van der Waals surface area contributed by atoms with Crippen molar-refractivity contribution >= 4 is 0 Å². The molecule has 19 heavy (non-hydrogen) atoms. The van der Waals surface area contributed by atoms with Gasteiger partial charge < -0.3 is 19.9 Å². The molecule has 1 aliphatic heterocycles. The van der Waals surface area contributed by atoms with Gasteiger partial charge in [-0.1, -0.05) is 6.07 Å². The monoisotopic (exact) mass is 266 g/mol. The summed E-state index contributed by atoms with van der Waals surface area (Å²) in [6, 6.07) is 5.80. The summed E-state index contributed by atoms with van der Waals surface area (Å²) in [4.78, 5) is 2.34. The van der Waals surface area contributed by atoms with E-state index in [1.807, 2.05) is 18.2 Å². The Bertz CT molecular complexity index is 392. The normalized spacial score (nSPS) is 16.3. The molecule has 1 heterocycles. The highest BCUT2D eigenvalue weighted by atomic mass is 16.5. The molecule has 0 saturated carbocycles. The summed E-state index contributed by atoms with van der Waals surface area (Å²) in [7, 11) is 1.64. The van der Waals surface area contributed by atoms with E-state index in [4.69, 9.17) is 19.9 Å². The highest BCUT2D eigenvalue weighted by Gasteiger charge is 2.11. The average molecular weight is 266 g/mol. The van der Waals surface area contributed by atoms with E-state index >= 15 is 0 Å². The van der Waals surface area contributed by atoms with E-state index in [9.17, 15) is 0 Å². The van der Waals surface area contributed by atoms with Gasteiger partial charge in [-0.3, -0.25) is 4.90 Å². The van der Waals surface area contributed by atoms with E-state index in [0.29, 0.717) is 13.2 Å². The average Bonchev–Trinajstić information content (AvgIpc) is 2.48. The van der Waals surface area contributed by atoms with Gasteiger partial charge in [0.2, 0.25) is 0 Å². The van der Waals surface area contributed by atoms with E-state index in [2.05, 4.69) is 4.90 Å². The van der Waals surface area contributed by atoms with E-state index in [1.165, 1.54) is 0 Å². The molecule has 0 aromatic heterocycles. The molecule has 1 aliphatic rings. The molecule has 1 aromatic rings. The van der Waals surface area contributed by atoms with Crippen molar-refractivity contribution in [2.45, 2.75) is 6.54 Å². The Kier molecular flexibility index (Phi) is 5.44. The number of nitrogens with two attached hydrogens (primary N) is 1. The molecule has 0 amide bonds. The quantitative estimate of drug-likeness (QED) is 0.828. The Balaban J connectivity index is 1.84. The summed E-state index contributed by atoms with van der Waals surface area (Å²) < 4.78 is 16.4. The van der Waals surface area contributed by atoms with Crippen LogP contribution in [0.25, 0.3) is 0 Å². The fourth-order valence-corrected chi connectivity index (χ4v) is 2.07. The summed E-state index contributed by atoms with van der Waals surface area (Å²) in [6.07, 6.45) is 0. The van der Waals surface area contributed by atoms with Crippen molar-refractivity contribution in [2.75, 3.05) is 46.6 Å². The van der Waals surface area contributed by atoms with Gasteiger partial charge >= 0.3 is 0 Å². The van der Waals surface area contributed by atoms with Gasteiger partial charge in [-0.2, -0.15) is 0 Å². The lowest BCUT2D eigenvalue weighted by atomic mass is 10.2. The third kappa shape index (κ3) is 4.09. The van der Waals surface area contributed by atoms with Crippen LogP contribution in [0.15, 0.2) is 18.2 Å². The number of methoxy groups -OCH3 is 1. The van der Waals surface area contributed by atoms with Gasteiger partial charge in [0, 0.05) is 26.2 Å². The van der Waals surface area contributed by atoms with Gasteiger partial charge in [-0.25, -0.2) is 0 Å². The molecule has 1 saturated heterocycles. The predicted octanol–water partition coefficient (Wildman–Crippen LogP) is 0.865. The number of nitrogens with zero attached hydrogens (tertiary/aromatic N) is 1. The van der Waals surface area contributed by atoms with Gasteiger partial charge in [0.15, 0.2) is 11.5 Å². The van der Waals surface area contributed by atoms with E-state index in [-0.39, 0.29) is 0 Å². The molecular weight excluding hydrogens is 244 g/mol. The molecule has 0 atom stereocenters. The smallest absolute Gasteiger partial charge is 0.161 e. The van der Waals surface area contributed by atoms with Crippen LogP contribution in [-0.2, 0) is 11.3 Å². The maximum atomic E-state index is 5.78. The lowest BCUT2D eigenvalue weighted by Gasteiger charge is -2.26. The Morgan fingerprint density at radius 3 is 2.74 bits per heavy atom. The highest BCUT2D eigenvalue weighted by Crippen LogP contribution is 2.27. The first-order valence-corrected chi connectivity index (χ1v) is 6.63. The molecule has 106 valence electrons. The largest absolute Gasteiger partial charge is 0.493 e. The molecule has 5 nitrogen and oxygen atoms in total. The topological polar surface area (TPSA) is 57.0 Å². The summed E-state index contributed by atoms with van der Waals surface area (Å²) in [5.74, 6) is 1.51. The van der Waals surface area contributed by atoms with E-state index in [0.717, 1.165) is 49.9 Å². The second kappa shape index (κ2) is 7.33. The SMILES string of the molecule is COc1cc(CN)ccc1OCCN1CCOCC1. The zero-order chi connectivity index (χ0) is 13.5. The molecule has 5 heteroatoms. The Hall–Kier alpha value is -1.30. The van der Waals surface area contributed by atoms with Crippen molar-refractivity contribution in [3.8, 4) is 11.5 Å². The number of morpholine rings is 1. The summed E-state index contributed by atoms with van der Waals surface area (Å²) >= 11 is 0. The molecule has 0 aliphatic carbocycles. The summed E-state index contributed by atoms with van der Waals surface area (Å²) in [5.41, 5.74) is 6.65. The number of hydrogen-bond acceptors (Lipinski definition) is 5. The standard InChI is InChI=1S/C14H22N2O3/c1-17-14-10-12(11-15)2-3-13(14)19-9-6-16-4-7-18-8-5-16/h2-3,10H,4-9,11,15H2,1H3. The van der Waals surface area contributed by atoms with Crippen molar-refractivity contribution in [2.24, 2.45) is 5.73 Å². The lowest BCUT2D eigenvalue weighted by molar-refractivity contribution is 0.0321. The first-order valence-electron chi connectivity index (χ1n) is 6.63. The number of ether oxygens (including phenoxy) is 3. The predicted molar refractivity (Wildman–Crippen MR) is 73.6 cm³/mol. The van der Waals surface area contributed by atoms with Crippen LogP contribution in [-0.4, -0.2) is 51.5 Å². The highest BCUT2D eigenvalue weighted by molar-refractivity contribution is 5.42. The molecule has 0 unspecified atom stereocenters. The van der Waals surface area contributed by atoms with Crippen LogP contribution >= 0.6 is 0 Å². The molecule has 1 fully saturated rings. The summed E-state index contributed by atoms with van der Waals surface area (Å²) in [6.45, 7) is 5.65. The molecule has 2 rings (SSSR count). The number of benzene rings is 1. The first kappa shape index (κ1) is 14.1. The Morgan fingerprint density at radius 1 is 1.26 bits per heavy atom. The third-order valence-corrected chi connectivity index (χ3v) is 3.23. The van der Waals surface area contributed by atoms with Crippen LogP contribution in [0, 0.1) is 0 Å². The fraction of sp³-hybridized carbons (Fsp3) is 0.571. The van der Waals surface area contributed by atoms with Gasteiger partial charge in [0.25, 0.3) is 0 Å². The maximum Gasteiger partial charge on any atom is 0.161 e. The lowest BCUT2D eigenvalue weighted by Crippen LogP contribution is -2.38. The van der Waals surface area contributed by atoms with Crippen molar-refractivity contribution < 1.29 is 14.2 Å². The van der Waals surface area contributed by atoms with Crippen LogP contribution in [0.3, 0.4) is 0 Å². The second-order valence-corrected chi connectivity index (χ2v) is 4.49. The van der Waals surface area contributed by atoms with E-state index < -0.39 is 0 Å². The second-order valence-electron chi connectivity index (χ2n) is 4.49. The number of hydrogen-bond donors (Lipinski definition) is 1. The zero-order valence-electron chi connectivity index (χ0n) is 11.4. The molecule has 2 N–H and O–H groups in total. The van der Waals surface area contributed by atoms with Crippen LogP contribution < -0.4 is 15.2 Å². The van der Waals surface area contributed by atoms with Crippen LogP contribution in [0.4, 0.5) is 0 Å². The molecule has 0 radical (unpaired) electrons. The van der Waals surface area contributed by atoms with Crippen molar-refractivity contribution in [1.29, 1.82) is 0 Å². The fourth-order valence-electron chi connectivity index (χ4n) is 2.07. The van der Waals surface area contributed by atoms with E-state index in [1.54, 1.807) is 7.11 Å². The minimum atomic E-state index is 0.504. The van der Waals surface area contributed by atoms with Crippen molar-refractivity contribution in [3.05, 3.63) is 23.8 Å². The third-order valence-electron chi connectivity index (χ3n) is 3.23. The zero-order valence-corrected chi connectivity index (χ0v) is 11.4.